The second-order valence-corrected chi connectivity index (χ2v) is 4.91. The molecule has 1 aromatic carbocycles. The van der Waals surface area contributed by atoms with Gasteiger partial charge in [0.25, 0.3) is 0 Å². The molecule has 0 saturated carbocycles. The van der Waals surface area contributed by atoms with Gasteiger partial charge in [-0.3, -0.25) is 4.99 Å². The molecule has 0 amide bonds. The van der Waals surface area contributed by atoms with Gasteiger partial charge in [-0.2, -0.15) is 0 Å². The Kier molecular flexibility index (Phi) is 12.8. The summed E-state index contributed by atoms with van der Waals surface area (Å²) in [5.74, 6) is 1.60. The van der Waals surface area contributed by atoms with Gasteiger partial charge in [0.05, 0.1) is 13.2 Å². The van der Waals surface area contributed by atoms with Crippen LogP contribution in [-0.2, 0) is 16.0 Å². The van der Waals surface area contributed by atoms with Crippen LogP contribution in [0, 0.1) is 0 Å². The summed E-state index contributed by atoms with van der Waals surface area (Å²) < 4.78 is 15.6. The van der Waals surface area contributed by atoms with Crippen LogP contribution < -0.4 is 15.4 Å². The van der Waals surface area contributed by atoms with Crippen molar-refractivity contribution in [3.8, 4) is 5.75 Å². The summed E-state index contributed by atoms with van der Waals surface area (Å²) in [6.45, 7) is 4.52. The van der Waals surface area contributed by atoms with Crippen molar-refractivity contribution >= 4 is 29.9 Å². The fraction of sp³-hybridized carbons (Fsp3) is 0.562. The van der Waals surface area contributed by atoms with E-state index in [9.17, 15) is 0 Å². The summed E-state index contributed by atoms with van der Waals surface area (Å²) in [6, 6.07) is 8.17. The predicted octanol–water partition coefficient (Wildman–Crippen LogP) is 2.03. The molecule has 1 rings (SSSR count). The third-order valence-electron chi connectivity index (χ3n) is 2.96. The zero-order valence-electron chi connectivity index (χ0n) is 14.3. The number of methoxy groups -OCH3 is 2. The number of nitrogens with one attached hydrogen (secondary N) is 2. The maximum absolute atomic E-state index is 5.53. The Balaban J connectivity index is 0.00000484. The lowest BCUT2D eigenvalue weighted by atomic mass is 10.2. The Bertz CT molecular complexity index is 441. The number of benzene rings is 1. The van der Waals surface area contributed by atoms with Gasteiger partial charge in [0.2, 0.25) is 0 Å². The molecular weight excluding hydrogens is 409 g/mol. The lowest BCUT2D eigenvalue weighted by molar-refractivity contribution is 0.146. The molecule has 0 spiro atoms. The summed E-state index contributed by atoms with van der Waals surface area (Å²) in [5.41, 5.74) is 1.15. The number of nitrogens with zero attached hydrogens (tertiary/aromatic N) is 1. The van der Waals surface area contributed by atoms with Crippen LogP contribution in [0.4, 0.5) is 0 Å². The number of ether oxygens (including phenoxy) is 3. The highest BCUT2D eigenvalue weighted by Crippen LogP contribution is 2.11. The Labute approximate surface area is 156 Å². The van der Waals surface area contributed by atoms with Crippen LogP contribution in [0.5, 0.6) is 5.75 Å². The van der Waals surface area contributed by atoms with E-state index in [0.717, 1.165) is 17.3 Å². The lowest BCUT2D eigenvalue weighted by Crippen LogP contribution is -2.43. The number of hydrogen-bond acceptors (Lipinski definition) is 4. The van der Waals surface area contributed by atoms with Crippen LogP contribution in [0.2, 0.25) is 0 Å². The van der Waals surface area contributed by atoms with Gasteiger partial charge in [-0.25, -0.2) is 0 Å². The molecule has 0 heterocycles. The normalized spacial score (nSPS) is 12.3. The summed E-state index contributed by atoms with van der Waals surface area (Å²) in [5, 5.41) is 6.53. The largest absolute Gasteiger partial charge is 0.491 e. The zero-order valence-corrected chi connectivity index (χ0v) is 16.6. The zero-order chi connectivity index (χ0) is 16.2. The molecule has 2 N–H and O–H groups in total. The van der Waals surface area contributed by atoms with Gasteiger partial charge >= 0.3 is 0 Å². The highest BCUT2D eigenvalue weighted by Gasteiger charge is 2.04. The van der Waals surface area contributed by atoms with E-state index in [1.54, 1.807) is 21.3 Å². The van der Waals surface area contributed by atoms with E-state index in [4.69, 9.17) is 14.2 Å². The number of aliphatic imine (C=N–C) groups is 1. The Hall–Kier alpha value is -1.06. The SMILES string of the molecule is CN=C(NCc1ccc(OCCOC)cc1)NC(C)COC.I. The van der Waals surface area contributed by atoms with Crippen LogP contribution >= 0.6 is 24.0 Å². The molecule has 0 aromatic heterocycles. The molecule has 7 heteroatoms. The van der Waals surface area contributed by atoms with E-state index in [0.29, 0.717) is 26.4 Å². The molecular formula is C16H28IN3O3. The van der Waals surface area contributed by atoms with Gasteiger partial charge in [-0.05, 0) is 24.6 Å². The quantitative estimate of drug-likeness (QED) is 0.268. The number of guanidine groups is 1. The molecule has 132 valence electrons. The molecule has 23 heavy (non-hydrogen) atoms. The first kappa shape index (κ1) is 21.9. The highest BCUT2D eigenvalue weighted by atomic mass is 127. The number of hydrogen-bond donors (Lipinski definition) is 2. The smallest absolute Gasteiger partial charge is 0.191 e. The molecule has 1 atom stereocenters. The van der Waals surface area contributed by atoms with E-state index < -0.39 is 0 Å². The second-order valence-electron chi connectivity index (χ2n) is 4.91. The first-order valence-corrected chi connectivity index (χ1v) is 7.36. The molecule has 1 aromatic rings. The summed E-state index contributed by atoms with van der Waals surface area (Å²) in [7, 11) is 5.10. The minimum atomic E-state index is 0. The molecule has 0 fully saturated rings. The topological polar surface area (TPSA) is 64.1 Å². The first-order valence-electron chi connectivity index (χ1n) is 7.36. The molecule has 0 aliphatic carbocycles. The third-order valence-corrected chi connectivity index (χ3v) is 2.96. The van der Waals surface area contributed by atoms with E-state index in [-0.39, 0.29) is 30.0 Å². The van der Waals surface area contributed by atoms with Crippen molar-refractivity contribution in [2.24, 2.45) is 4.99 Å². The predicted molar refractivity (Wildman–Crippen MR) is 104 cm³/mol. The van der Waals surface area contributed by atoms with Gasteiger partial charge in [0.1, 0.15) is 12.4 Å². The monoisotopic (exact) mass is 437 g/mol. The highest BCUT2D eigenvalue weighted by molar-refractivity contribution is 14.0. The van der Waals surface area contributed by atoms with Crippen molar-refractivity contribution < 1.29 is 14.2 Å². The van der Waals surface area contributed by atoms with Crippen molar-refractivity contribution in [1.29, 1.82) is 0 Å². The number of rotatable bonds is 9. The standard InChI is InChI=1S/C16H27N3O3.HI/c1-13(12-21-4)19-16(17-2)18-11-14-5-7-15(8-6-14)22-10-9-20-3;/h5-8,13H,9-12H2,1-4H3,(H2,17,18,19);1H. The first-order chi connectivity index (χ1) is 10.7. The van der Waals surface area contributed by atoms with Gasteiger partial charge in [0.15, 0.2) is 5.96 Å². The maximum atomic E-state index is 5.53. The van der Waals surface area contributed by atoms with Crippen molar-refractivity contribution in [2.45, 2.75) is 19.5 Å². The minimum absolute atomic E-state index is 0. The fourth-order valence-corrected chi connectivity index (χ4v) is 1.85. The molecule has 0 radical (unpaired) electrons. The average molecular weight is 437 g/mol. The Morgan fingerprint density at radius 1 is 1.13 bits per heavy atom. The fourth-order valence-electron chi connectivity index (χ4n) is 1.85. The van der Waals surface area contributed by atoms with Gasteiger partial charge in [0, 0.05) is 33.9 Å². The van der Waals surface area contributed by atoms with Crippen molar-refractivity contribution in [1.82, 2.24) is 10.6 Å². The van der Waals surface area contributed by atoms with Gasteiger partial charge in [-0.1, -0.05) is 12.1 Å². The van der Waals surface area contributed by atoms with E-state index in [1.807, 2.05) is 31.2 Å². The summed E-state index contributed by atoms with van der Waals surface area (Å²) in [6.07, 6.45) is 0. The van der Waals surface area contributed by atoms with Crippen LogP contribution in [0.15, 0.2) is 29.3 Å². The minimum Gasteiger partial charge on any atom is -0.491 e. The average Bonchev–Trinajstić information content (AvgIpc) is 2.53. The van der Waals surface area contributed by atoms with Crippen LogP contribution in [-0.4, -0.2) is 53.1 Å². The maximum Gasteiger partial charge on any atom is 0.191 e. The van der Waals surface area contributed by atoms with Gasteiger partial charge in [-0.15, -0.1) is 24.0 Å². The molecule has 6 nitrogen and oxygen atoms in total. The molecule has 0 aliphatic heterocycles. The summed E-state index contributed by atoms with van der Waals surface area (Å²) >= 11 is 0. The van der Waals surface area contributed by atoms with E-state index in [1.165, 1.54) is 0 Å². The van der Waals surface area contributed by atoms with Crippen molar-refractivity contribution in [2.75, 3.05) is 41.1 Å². The van der Waals surface area contributed by atoms with Crippen LogP contribution in [0.1, 0.15) is 12.5 Å². The molecule has 0 aliphatic rings. The summed E-state index contributed by atoms with van der Waals surface area (Å²) in [4.78, 5) is 4.19. The second kappa shape index (κ2) is 13.4. The molecule has 0 bridgehead atoms. The van der Waals surface area contributed by atoms with E-state index in [2.05, 4.69) is 15.6 Å². The van der Waals surface area contributed by atoms with Gasteiger partial charge < -0.3 is 24.8 Å². The van der Waals surface area contributed by atoms with Crippen LogP contribution in [0.3, 0.4) is 0 Å². The van der Waals surface area contributed by atoms with Crippen molar-refractivity contribution in [3.05, 3.63) is 29.8 Å². The number of halogens is 1. The van der Waals surface area contributed by atoms with E-state index >= 15 is 0 Å². The lowest BCUT2D eigenvalue weighted by Gasteiger charge is -2.17. The Morgan fingerprint density at radius 3 is 2.39 bits per heavy atom. The Morgan fingerprint density at radius 2 is 1.83 bits per heavy atom. The van der Waals surface area contributed by atoms with Crippen LogP contribution in [0.25, 0.3) is 0 Å². The van der Waals surface area contributed by atoms with Crippen molar-refractivity contribution in [3.63, 3.8) is 0 Å². The molecule has 0 saturated heterocycles. The third kappa shape index (κ3) is 9.62. The molecule has 1 unspecified atom stereocenters.